The highest BCUT2D eigenvalue weighted by Gasteiger charge is 2.14. The monoisotopic (exact) mass is 323 g/mol. The van der Waals surface area contributed by atoms with E-state index in [4.69, 9.17) is 14.2 Å². The average molecular weight is 323 g/mol. The van der Waals surface area contributed by atoms with Gasteiger partial charge in [0.1, 0.15) is 0 Å². The highest BCUT2D eigenvalue weighted by Crippen LogP contribution is 2.33. The van der Waals surface area contributed by atoms with Gasteiger partial charge < -0.3 is 19.5 Å². The number of anilines is 1. The SMILES string of the molecule is CCOC(=O)CCCCNc1cc(OC)c(OC)cc1C(C)=O. The first-order chi connectivity index (χ1) is 11.0. The van der Waals surface area contributed by atoms with Crippen molar-refractivity contribution in [3.05, 3.63) is 17.7 Å². The number of hydrogen-bond donors (Lipinski definition) is 1. The van der Waals surface area contributed by atoms with Gasteiger partial charge in [0, 0.05) is 30.3 Å². The maximum absolute atomic E-state index is 11.8. The van der Waals surface area contributed by atoms with Crippen molar-refractivity contribution in [1.29, 1.82) is 0 Å². The fourth-order valence-corrected chi connectivity index (χ4v) is 2.17. The number of hydrogen-bond acceptors (Lipinski definition) is 6. The van der Waals surface area contributed by atoms with Crippen molar-refractivity contribution < 1.29 is 23.8 Å². The van der Waals surface area contributed by atoms with Gasteiger partial charge in [-0.1, -0.05) is 0 Å². The van der Waals surface area contributed by atoms with E-state index < -0.39 is 0 Å². The largest absolute Gasteiger partial charge is 0.493 e. The van der Waals surface area contributed by atoms with Crippen molar-refractivity contribution in [2.75, 3.05) is 32.7 Å². The van der Waals surface area contributed by atoms with E-state index >= 15 is 0 Å². The molecule has 0 aliphatic heterocycles. The van der Waals surface area contributed by atoms with Gasteiger partial charge in [0.2, 0.25) is 0 Å². The molecule has 1 aromatic carbocycles. The maximum atomic E-state index is 11.8. The van der Waals surface area contributed by atoms with Crippen molar-refractivity contribution in [1.82, 2.24) is 0 Å². The molecule has 128 valence electrons. The van der Waals surface area contributed by atoms with E-state index in [1.54, 1.807) is 26.2 Å². The lowest BCUT2D eigenvalue weighted by Crippen LogP contribution is -2.09. The lowest BCUT2D eigenvalue weighted by molar-refractivity contribution is -0.143. The Kier molecular flexibility index (Phi) is 7.94. The van der Waals surface area contributed by atoms with Gasteiger partial charge in [0.15, 0.2) is 17.3 Å². The lowest BCUT2D eigenvalue weighted by atomic mass is 10.1. The first-order valence-electron chi connectivity index (χ1n) is 7.69. The number of benzene rings is 1. The van der Waals surface area contributed by atoms with Gasteiger partial charge in [-0.2, -0.15) is 0 Å². The molecule has 0 amide bonds. The number of ketones is 1. The summed E-state index contributed by atoms with van der Waals surface area (Å²) >= 11 is 0. The summed E-state index contributed by atoms with van der Waals surface area (Å²) in [6.45, 7) is 4.35. The van der Waals surface area contributed by atoms with Crippen molar-refractivity contribution in [3.63, 3.8) is 0 Å². The van der Waals surface area contributed by atoms with E-state index in [9.17, 15) is 9.59 Å². The van der Waals surface area contributed by atoms with Crippen LogP contribution in [0.1, 0.15) is 43.5 Å². The summed E-state index contributed by atoms with van der Waals surface area (Å²) in [5.41, 5.74) is 1.25. The Morgan fingerprint density at radius 3 is 2.30 bits per heavy atom. The number of carbonyl (C=O) groups is 2. The van der Waals surface area contributed by atoms with Gasteiger partial charge in [-0.25, -0.2) is 0 Å². The van der Waals surface area contributed by atoms with Gasteiger partial charge >= 0.3 is 5.97 Å². The van der Waals surface area contributed by atoms with Gasteiger partial charge in [-0.15, -0.1) is 0 Å². The highest BCUT2D eigenvalue weighted by molar-refractivity contribution is 6.00. The summed E-state index contributed by atoms with van der Waals surface area (Å²) in [6.07, 6.45) is 1.93. The molecule has 0 aromatic heterocycles. The molecule has 0 spiro atoms. The van der Waals surface area contributed by atoms with Crippen molar-refractivity contribution in [2.45, 2.75) is 33.1 Å². The second-order valence-corrected chi connectivity index (χ2v) is 5.00. The molecule has 6 nitrogen and oxygen atoms in total. The number of ether oxygens (including phenoxy) is 3. The first-order valence-corrected chi connectivity index (χ1v) is 7.69. The van der Waals surface area contributed by atoms with Crippen LogP contribution in [-0.2, 0) is 9.53 Å². The van der Waals surface area contributed by atoms with Crippen LogP contribution in [0.25, 0.3) is 0 Å². The van der Waals surface area contributed by atoms with Crippen LogP contribution in [0.15, 0.2) is 12.1 Å². The van der Waals surface area contributed by atoms with Crippen molar-refractivity contribution in [3.8, 4) is 11.5 Å². The number of methoxy groups -OCH3 is 2. The molecule has 0 atom stereocenters. The van der Waals surface area contributed by atoms with Crippen molar-refractivity contribution in [2.24, 2.45) is 0 Å². The topological polar surface area (TPSA) is 73.9 Å². The van der Waals surface area contributed by atoms with E-state index in [1.807, 2.05) is 0 Å². The van der Waals surface area contributed by atoms with Gasteiger partial charge in [0.05, 0.1) is 20.8 Å². The summed E-state index contributed by atoms with van der Waals surface area (Å²) in [7, 11) is 3.08. The Balaban J connectivity index is 2.64. The molecule has 1 rings (SSSR count). The van der Waals surface area contributed by atoms with Crippen LogP contribution in [0.4, 0.5) is 5.69 Å². The standard InChI is InChI=1S/C17H25NO5/c1-5-23-17(20)8-6-7-9-18-14-11-16(22-4)15(21-3)10-13(14)12(2)19/h10-11,18H,5-9H2,1-4H3. The molecule has 0 unspecified atom stereocenters. The number of unbranched alkanes of at least 4 members (excludes halogenated alkanes) is 1. The summed E-state index contributed by atoms with van der Waals surface area (Å²) in [6, 6.07) is 3.42. The Labute approximate surface area is 137 Å². The fraction of sp³-hybridized carbons (Fsp3) is 0.529. The van der Waals surface area contributed by atoms with Gasteiger partial charge in [-0.05, 0) is 32.8 Å². The lowest BCUT2D eigenvalue weighted by Gasteiger charge is -2.15. The highest BCUT2D eigenvalue weighted by atomic mass is 16.5. The second-order valence-electron chi connectivity index (χ2n) is 5.00. The molecule has 6 heteroatoms. The smallest absolute Gasteiger partial charge is 0.305 e. The second kappa shape index (κ2) is 9.71. The molecular weight excluding hydrogens is 298 g/mol. The summed E-state index contributed by atoms with van der Waals surface area (Å²) in [5.74, 6) is 0.847. The number of esters is 1. The van der Waals surface area contributed by atoms with Crippen LogP contribution in [0.3, 0.4) is 0 Å². The van der Waals surface area contributed by atoms with Crippen LogP contribution >= 0.6 is 0 Å². The zero-order valence-electron chi connectivity index (χ0n) is 14.2. The minimum absolute atomic E-state index is 0.0556. The molecular formula is C17H25NO5. The van der Waals surface area contributed by atoms with E-state index in [1.165, 1.54) is 14.0 Å². The fourth-order valence-electron chi connectivity index (χ4n) is 2.17. The molecule has 0 fully saturated rings. The zero-order chi connectivity index (χ0) is 17.2. The Morgan fingerprint density at radius 2 is 1.74 bits per heavy atom. The van der Waals surface area contributed by atoms with E-state index in [0.29, 0.717) is 42.3 Å². The zero-order valence-corrected chi connectivity index (χ0v) is 14.2. The average Bonchev–Trinajstić information content (AvgIpc) is 2.53. The molecule has 0 saturated heterocycles. The summed E-state index contributed by atoms with van der Waals surface area (Å²) < 4.78 is 15.4. The van der Waals surface area contributed by atoms with Crippen molar-refractivity contribution >= 4 is 17.4 Å². The van der Waals surface area contributed by atoms with Crippen LogP contribution in [0, 0.1) is 0 Å². The number of nitrogens with one attached hydrogen (secondary N) is 1. The molecule has 0 heterocycles. The van der Waals surface area contributed by atoms with E-state index in [0.717, 1.165) is 12.8 Å². The predicted molar refractivity (Wildman–Crippen MR) is 88.5 cm³/mol. The molecule has 0 bridgehead atoms. The van der Waals surface area contributed by atoms with Crippen LogP contribution in [0.5, 0.6) is 11.5 Å². The van der Waals surface area contributed by atoms with E-state index in [2.05, 4.69) is 5.32 Å². The third kappa shape index (κ3) is 5.81. The van der Waals surface area contributed by atoms with Gasteiger partial charge in [0.25, 0.3) is 0 Å². The molecule has 23 heavy (non-hydrogen) atoms. The quantitative estimate of drug-likeness (QED) is 0.405. The van der Waals surface area contributed by atoms with Crippen LogP contribution in [0.2, 0.25) is 0 Å². The summed E-state index contributed by atoms with van der Waals surface area (Å²) in [4.78, 5) is 23.0. The number of rotatable bonds is 10. The maximum Gasteiger partial charge on any atom is 0.305 e. The normalized spacial score (nSPS) is 10.1. The third-order valence-corrected chi connectivity index (χ3v) is 3.33. The molecule has 0 aliphatic carbocycles. The van der Waals surface area contributed by atoms with Crippen LogP contribution in [-0.4, -0.2) is 39.1 Å². The molecule has 0 aliphatic rings. The number of carbonyl (C=O) groups excluding carboxylic acids is 2. The van der Waals surface area contributed by atoms with Crippen LogP contribution < -0.4 is 14.8 Å². The third-order valence-electron chi connectivity index (χ3n) is 3.33. The van der Waals surface area contributed by atoms with E-state index in [-0.39, 0.29) is 11.8 Å². The predicted octanol–water partition coefficient (Wildman–Crippen LogP) is 3.05. The Morgan fingerprint density at radius 1 is 1.09 bits per heavy atom. The first kappa shape index (κ1) is 18.8. The minimum Gasteiger partial charge on any atom is -0.493 e. The molecule has 1 N–H and O–H groups in total. The Bertz CT molecular complexity index is 542. The summed E-state index contributed by atoms with van der Waals surface area (Å²) in [5, 5.41) is 3.22. The molecule has 0 radical (unpaired) electrons. The Hall–Kier alpha value is -2.24. The number of Topliss-reactive ketones (excluding diaryl/α,β-unsaturated/α-hetero) is 1. The molecule has 0 saturated carbocycles. The minimum atomic E-state index is -0.178. The molecule has 1 aromatic rings. The van der Waals surface area contributed by atoms with Gasteiger partial charge in [-0.3, -0.25) is 9.59 Å².